The third-order valence-electron chi connectivity index (χ3n) is 4.20. The molecule has 1 N–H and O–H groups in total. The molecule has 2 aromatic carbocycles. The highest BCUT2D eigenvalue weighted by Crippen LogP contribution is 2.38. The van der Waals surface area contributed by atoms with Gasteiger partial charge in [-0.1, -0.05) is 12.1 Å². The van der Waals surface area contributed by atoms with Gasteiger partial charge in [0.05, 0.1) is 23.1 Å². The Bertz CT molecular complexity index is 957. The molecule has 2 aromatic rings. The number of nitro benzene ring substituents is 1. The smallest absolute Gasteiger partial charge is 0.280 e. The fourth-order valence-electron chi connectivity index (χ4n) is 2.84. The Morgan fingerprint density at radius 2 is 1.89 bits per heavy atom. The van der Waals surface area contributed by atoms with Crippen LogP contribution >= 0.6 is 0 Å². The van der Waals surface area contributed by atoms with Crippen LogP contribution in [0.5, 0.6) is 23.0 Å². The number of benzene rings is 2. The lowest BCUT2D eigenvalue weighted by molar-refractivity contribution is -0.385. The first-order valence-electron chi connectivity index (χ1n) is 8.52. The zero-order chi connectivity index (χ0) is 19.5. The number of nitrogens with zero attached hydrogens (tertiary/aromatic N) is 1. The Labute approximate surface area is 159 Å². The van der Waals surface area contributed by atoms with E-state index in [1.807, 2.05) is 18.2 Å². The lowest BCUT2D eigenvalue weighted by atomic mass is 10.1. The minimum atomic E-state index is -0.538. The van der Waals surface area contributed by atoms with Crippen molar-refractivity contribution in [2.24, 2.45) is 0 Å². The summed E-state index contributed by atoms with van der Waals surface area (Å²) in [6, 6.07) is 10.0. The van der Waals surface area contributed by atoms with Crippen LogP contribution in [0.15, 0.2) is 42.5 Å². The normalized spacial score (nSPS) is 16.8. The van der Waals surface area contributed by atoms with Crippen molar-refractivity contribution >= 4 is 17.7 Å². The summed E-state index contributed by atoms with van der Waals surface area (Å²) in [7, 11) is 0. The zero-order valence-electron chi connectivity index (χ0n) is 14.6. The molecule has 28 heavy (non-hydrogen) atoms. The van der Waals surface area contributed by atoms with Crippen LogP contribution in [-0.2, 0) is 4.79 Å². The molecule has 9 heteroatoms. The first kappa shape index (κ1) is 17.7. The van der Waals surface area contributed by atoms with Gasteiger partial charge in [0.2, 0.25) is 12.7 Å². The molecule has 0 spiro atoms. The predicted octanol–water partition coefficient (Wildman–Crippen LogP) is 2.29. The molecule has 0 saturated heterocycles. The Morgan fingerprint density at radius 3 is 2.68 bits per heavy atom. The maximum Gasteiger partial charge on any atom is 0.280 e. The second kappa shape index (κ2) is 7.47. The van der Waals surface area contributed by atoms with E-state index >= 15 is 0 Å². The molecule has 0 fully saturated rings. The first-order chi connectivity index (χ1) is 13.6. The number of rotatable bonds is 5. The second-order valence-electron chi connectivity index (χ2n) is 6.10. The van der Waals surface area contributed by atoms with Gasteiger partial charge in [0.25, 0.3) is 5.69 Å². The summed E-state index contributed by atoms with van der Waals surface area (Å²) in [5, 5.41) is 13.9. The molecule has 9 nitrogen and oxygen atoms in total. The van der Waals surface area contributed by atoms with Crippen LogP contribution in [0.3, 0.4) is 0 Å². The van der Waals surface area contributed by atoms with Gasteiger partial charge in [0.1, 0.15) is 12.7 Å². The fourth-order valence-corrected chi connectivity index (χ4v) is 2.84. The Balaban J connectivity index is 1.38. The molecule has 0 radical (unpaired) electrons. The highest BCUT2D eigenvalue weighted by atomic mass is 16.7. The number of nitro groups is 1. The van der Waals surface area contributed by atoms with Gasteiger partial charge >= 0.3 is 0 Å². The van der Waals surface area contributed by atoms with Crippen LogP contribution in [0.25, 0.3) is 6.08 Å². The third-order valence-corrected chi connectivity index (χ3v) is 4.20. The van der Waals surface area contributed by atoms with Gasteiger partial charge in [-0.25, -0.2) is 0 Å². The van der Waals surface area contributed by atoms with Crippen LogP contribution in [0, 0.1) is 10.1 Å². The molecule has 2 aliphatic rings. The van der Waals surface area contributed by atoms with E-state index in [-0.39, 0.29) is 30.7 Å². The van der Waals surface area contributed by atoms with Crippen LogP contribution in [-0.4, -0.2) is 36.9 Å². The third kappa shape index (κ3) is 3.68. The molecule has 144 valence electrons. The standard InChI is InChI=1S/C19H16N2O7/c22-19(20-9-13-10-25-15-3-1-2-4-16(15)28-13)6-5-12-7-17-18(27-11-26-17)8-14(12)21(23)24/h1-8,13H,9-11H2,(H,20,22). The predicted molar refractivity (Wildman–Crippen MR) is 97.6 cm³/mol. The first-order valence-corrected chi connectivity index (χ1v) is 8.52. The molecule has 0 bridgehead atoms. The molecule has 0 saturated carbocycles. The Kier molecular flexibility index (Phi) is 4.71. The molecular formula is C19H16N2O7. The summed E-state index contributed by atoms with van der Waals surface area (Å²) < 4.78 is 21.7. The summed E-state index contributed by atoms with van der Waals surface area (Å²) in [6.45, 7) is 0.558. The number of fused-ring (bicyclic) bond motifs is 2. The van der Waals surface area contributed by atoms with Crippen molar-refractivity contribution in [3.63, 3.8) is 0 Å². The zero-order valence-corrected chi connectivity index (χ0v) is 14.6. The van der Waals surface area contributed by atoms with E-state index in [1.165, 1.54) is 24.3 Å². The van der Waals surface area contributed by atoms with E-state index in [9.17, 15) is 14.9 Å². The summed E-state index contributed by atoms with van der Waals surface area (Å²) >= 11 is 0. The SMILES string of the molecule is O=C(C=Cc1cc2c(cc1[N+](=O)[O-])OCO2)NCC1COc2ccccc2O1. The van der Waals surface area contributed by atoms with Crippen molar-refractivity contribution < 1.29 is 28.7 Å². The number of hydrogen-bond donors (Lipinski definition) is 1. The summed E-state index contributed by atoms with van der Waals surface area (Å²) in [5.74, 6) is 1.59. The van der Waals surface area contributed by atoms with Crippen molar-refractivity contribution in [3.8, 4) is 23.0 Å². The minimum Gasteiger partial charge on any atom is -0.486 e. The van der Waals surface area contributed by atoms with E-state index in [1.54, 1.807) is 6.07 Å². The molecule has 0 aliphatic carbocycles. The van der Waals surface area contributed by atoms with Gasteiger partial charge in [0, 0.05) is 6.08 Å². The number of para-hydroxylation sites is 2. The number of amides is 1. The summed E-state index contributed by atoms with van der Waals surface area (Å²) in [5.41, 5.74) is 0.0736. The van der Waals surface area contributed by atoms with Crippen molar-refractivity contribution in [1.29, 1.82) is 0 Å². The van der Waals surface area contributed by atoms with Crippen molar-refractivity contribution in [1.82, 2.24) is 5.32 Å². The Morgan fingerprint density at radius 1 is 1.14 bits per heavy atom. The second-order valence-corrected chi connectivity index (χ2v) is 6.10. The molecule has 2 aliphatic heterocycles. The highest BCUT2D eigenvalue weighted by molar-refractivity contribution is 5.92. The number of ether oxygens (including phenoxy) is 4. The van der Waals surface area contributed by atoms with Crippen LogP contribution in [0.1, 0.15) is 5.56 Å². The van der Waals surface area contributed by atoms with Gasteiger partial charge in [-0.05, 0) is 24.3 Å². The van der Waals surface area contributed by atoms with Crippen molar-refractivity contribution in [2.75, 3.05) is 19.9 Å². The summed E-state index contributed by atoms with van der Waals surface area (Å²) in [6.07, 6.45) is 2.26. The van der Waals surface area contributed by atoms with Gasteiger partial charge in [-0.2, -0.15) is 0 Å². The van der Waals surface area contributed by atoms with E-state index in [0.717, 1.165) is 0 Å². The molecule has 0 aromatic heterocycles. The minimum absolute atomic E-state index is 0.00668. The lowest BCUT2D eigenvalue weighted by Crippen LogP contribution is -2.40. The van der Waals surface area contributed by atoms with Gasteiger partial charge < -0.3 is 24.3 Å². The molecule has 4 rings (SSSR count). The van der Waals surface area contributed by atoms with Crippen molar-refractivity contribution in [2.45, 2.75) is 6.10 Å². The number of carbonyl (C=O) groups excluding carboxylic acids is 1. The Hall–Kier alpha value is -3.75. The molecule has 1 atom stereocenters. The fraction of sp³-hybridized carbons (Fsp3) is 0.211. The van der Waals surface area contributed by atoms with Gasteiger partial charge in [0.15, 0.2) is 23.0 Å². The lowest BCUT2D eigenvalue weighted by Gasteiger charge is -2.26. The monoisotopic (exact) mass is 384 g/mol. The van der Waals surface area contributed by atoms with Crippen molar-refractivity contribution in [3.05, 3.63) is 58.2 Å². The number of hydrogen-bond acceptors (Lipinski definition) is 7. The number of carbonyl (C=O) groups is 1. The molecule has 2 heterocycles. The van der Waals surface area contributed by atoms with Crippen LogP contribution in [0.2, 0.25) is 0 Å². The number of nitrogens with one attached hydrogen (secondary N) is 1. The van der Waals surface area contributed by atoms with Gasteiger partial charge in [-0.15, -0.1) is 0 Å². The molecular weight excluding hydrogens is 368 g/mol. The highest BCUT2D eigenvalue weighted by Gasteiger charge is 2.23. The summed E-state index contributed by atoms with van der Waals surface area (Å²) in [4.78, 5) is 22.8. The largest absolute Gasteiger partial charge is 0.486 e. The topological polar surface area (TPSA) is 109 Å². The quantitative estimate of drug-likeness (QED) is 0.478. The molecule has 1 unspecified atom stereocenters. The molecule has 1 amide bonds. The average molecular weight is 384 g/mol. The van der Waals surface area contributed by atoms with Gasteiger partial charge in [-0.3, -0.25) is 14.9 Å². The van der Waals surface area contributed by atoms with E-state index < -0.39 is 10.8 Å². The van der Waals surface area contributed by atoms with E-state index in [4.69, 9.17) is 18.9 Å². The van der Waals surface area contributed by atoms with E-state index in [2.05, 4.69) is 5.32 Å². The maximum absolute atomic E-state index is 12.1. The maximum atomic E-state index is 12.1. The van der Waals surface area contributed by atoms with E-state index in [0.29, 0.717) is 29.6 Å². The average Bonchev–Trinajstić information content (AvgIpc) is 3.17. The van der Waals surface area contributed by atoms with Crippen LogP contribution in [0.4, 0.5) is 5.69 Å². The van der Waals surface area contributed by atoms with Crippen LogP contribution < -0.4 is 24.3 Å².